The summed E-state index contributed by atoms with van der Waals surface area (Å²) < 4.78 is 4.32. The van der Waals surface area contributed by atoms with E-state index in [0.717, 1.165) is 0 Å². The Morgan fingerprint density at radius 2 is 2.45 bits per heavy atom. The summed E-state index contributed by atoms with van der Waals surface area (Å²) in [6.45, 7) is 0.124. The minimum absolute atomic E-state index is 0.124. The number of esters is 1. The highest BCUT2D eigenvalue weighted by Crippen LogP contribution is 2.11. The highest BCUT2D eigenvalue weighted by molar-refractivity contribution is 6.00. The number of aliphatic hydroxyl groups is 1. The zero-order chi connectivity index (χ0) is 8.43. The van der Waals surface area contributed by atoms with Crippen LogP contribution in [0.5, 0.6) is 0 Å². The second-order valence-corrected chi connectivity index (χ2v) is 2.31. The number of hydrogen-bond acceptors (Lipinski definition) is 4. The number of rotatable bonds is 1. The average molecular weight is 159 g/mol. The summed E-state index contributed by atoms with van der Waals surface area (Å²) in [4.78, 5) is 21.6. The molecule has 2 N–H and O–H groups in total. The molecule has 1 aliphatic heterocycles. The van der Waals surface area contributed by atoms with Crippen LogP contribution >= 0.6 is 0 Å². The fourth-order valence-electron chi connectivity index (χ4n) is 0.999. The summed E-state index contributed by atoms with van der Waals surface area (Å²) >= 11 is 0. The van der Waals surface area contributed by atoms with Gasteiger partial charge in [-0.25, -0.2) is 0 Å². The van der Waals surface area contributed by atoms with Crippen LogP contribution in [0.2, 0.25) is 0 Å². The second-order valence-electron chi connectivity index (χ2n) is 2.31. The summed E-state index contributed by atoms with van der Waals surface area (Å²) in [7, 11) is 1.18. The van der Waals surface area contributed by atoms with E-state index in [2.05, 4.69) is 10.1 Å². The van der Waals surface area contributed by atoms with Gasteiger partial charge in [-0.3, -0.25) is 9.59 Å². The molecule has 5 heteroatoms. The SMILES string of the molecule is COC(=O)C1C(=O)NCC1O. The molecule has 1 rings (SSSR count). The average Bonchev–Trinajstić information content (AvgIpc) is 2.30. The molecule has 1 aliphatic rings. The number of carbonyl (C=O) groups excluding carboxylic acids is 2. The Bertz CT molecular complexity index is 191. The Morgan fingerprint density at radius 1 is 1.82 bits per heavy atom. The van der Waals surface area contributed by atoms with E-state index in [1.54, 1.807) is 0 Å². The first-order valence-corrected chi connectivity index (χ1v) is 3.20. The third-order valence-electron chi connectivity index (χ3n) is 1.61. The molecule has 0 saturated carbocycles. The van der Waals surface area contributed by atoms with Crippen LogP contribution < -0.4 is 5.32 Å². The van der Waals surface area contributed by atoms with Crippen LogP contribution in [0.25, 0.3) is 0 Å². The summed E-state index contributed by atoms with van der Waals surface area (Å²) in [5.74, 6) is -2.20. The molecule has 1 amide bonds. The van der Waals surface area contributed by atoms with Gasteiger partial charge in [0.1, 0.15) is 0 Å². The van der Waals surface area contributed by atoms with Crippen molar-refractivity contribution in [2.45, 2.75) is 6.10 Å². The Hall–Kier alpha value is -1.10. The monoisotopic (exact) mass is 159 g/mol. The van der Waals surface area contributed by atoms with Gasteiger partial charge in [-0.2, -0.15) is 0 Å². The van der Waals surface area contributed by atoms with Gasteiger partial charge in [0.25, 0.3) is 0 Å². The molecule has 1 heterocycles. The molecule has 0 aromatic rings. The van der Waals surface area contributed by atoms with Gasteiger partial charge >= 0.3 is 5.97 Å². The van der Waals surface area contributed by atoms with Gasteiger partial charge in [0.2, 0.25) is 5.91 Å². The first kappa shape index (κ1) is 8.00. The number of methoxy groups -OCH3 is 1. The largest absolute Gasteiger partial charge is 0.468 e. The lowest BCUT2D eigenvalue weighted by Gasteiger charge is -2.07. The van der Waals surface area contributed by atoms with E-state index < -0.39 is 23.9 Å². The molecule has 0 aliphatic carbocycles. The number of nitrogens with one attached hydrogen (secondary N) is 1. The zero-order valence-electron chi connectivity index (χ0n) is 6.03. The van der Waals surface area contributed by atoms with E-state index >= 15 is 0 Å². The standard InChI is InChI=1S/C6H9NO4/c1-11-6(10)4-3(8)2-7-5(4)9/h3-4,8H,2H2,1H3,(H,7,9). The van der Waals surface area contributed by atoms with Crippen LogP contribution in [0.3, 0.4) is 0 Å². The fraction of sp³-hybridized carbons (Fsp3) is 0.667. The van der Waals surface area contributed by atoms with Gasteiger partial charge in [0.05, 0.1) is 13.2 Å². The van der Waals surface area contributed by atoms with Crippen LogP contribution in [-0.2, 0) is 14.3 Å². The van der Waals surface area contributed by atoms with Crippen molar-refractivity contribution in [3.8, 4) is 0 Å². The Kier molecular flexibility index (Phi) is 2.09. The van der Waals surface area contributed by atoms with Crippen molar-refractivity contribution in [3.63, 3.8) is 0 Å². The number of hydrogen-bond donors (Lipinski definition) is 2. The van der Waals surface area contributed by atoms with Crippen molar-refractivity contribution in [2.75, 3.05) is 13.7 Å². The van der Waals surface area contributed by atoms with Gasteiger partial charge in [0.15, 0.2) is 5.92 Å². The Labute approximate surface area is 63.3 Å². The van der Waals surface area contributed by atoms with Crippen molar-refractivity contribution in [3.05, 3.63) is 0 Å². The van der Waals surface area contributed by atoms with Crippen LogP contribution in [0.4, 0.5) is 0 Å². The lowest BCUT2D eigenvalue weighted by molar-refractivity contribution is -0.151. The van der Waals surface area contributed by atoms with Crippen molar-refractivity contribution >= 4 is 11.9 Å². The minimum Gasteiger partial charge on any atom is -0.468 e. The second kappa shape index (κ2) is 2.87. The highest BCUT2D eigenvalue weighted by Gasteiger charge is 2.39. The molecule has 0 radical (unpaired) electrons. The third-order valence-corrected chi connectivity index (χ3v) is 1.61. The van der Waals surface area contributed by atoms with Crippen molar-refractivity contribution < 1.29 is 19.4 Å². The first-order chi connectivity index (χ1) is 5.16. The van der Waals surface area contributed by atoms with Crippen LogP contribution in [0, 0.1) is 5.92 Å². The predicted molar refractivity (Wildman–Crippen MR) is 34.5 cm³/mol. The van der Waals surface area contributed by atoms with E-state index in [4.69, 9.17) is 5.11 Å². The maximum Gasteiger partial charge on any atom is 0.320 e. The lowest BCUT2D eigenvalue weighted by Crippen LogP contribution is -2.31. The molecule has 5 nitrogen and oxygen atoms in total. The molecule has 0 bridgehead atoms. The van der Waals surface area contributed by atoms with Crippen LogP contribution in [0.1, 0.15) is 0 Å². The van der Waals surface area contributed by atoms with Gasteiger partial charge in [-0.15, -0.1) is 0 Å². The third kappa shape index (κ3) is 1.32. The quantitative estimate of drug-likeness (QED) is 0.352. The lowest BCUT2D eigenvalue weighted by atomic mass is 10.1. The Morgan fingerprint density at radius 3 is 2.82 bits per heavy atom. The summed E-state index contributed by atoms with van der Waals surface area (Å²) in [5.41, 5.74) is 0. The highest BCUT2D eigenvalue weighted by atomic mass is 16.5. The molecule has 0 aromatic heterocycles. The first-order valence-electron chi connectivity index (χ1n) is 3.20. The smallest absolute Gasteiger partial charge is 0.320 e. The van der Waals surface area contributed by atoms with Gasteiger partial charge in [0, 0.05) is 6.54 Å². The number of β-amino-alcohol motifs (C(OH)–C–C–N with tert-alkyl or cyclic N) is 1. The van der Waals surface area contributed by atoms with Crippen LogP contribution in [-0.4, -0.2) is 36.7 Å². The molecule has 11 heavy (non-hydrogen) atoms. The molecule has 0 spiro atoms. The summed E-state index contributed by atoms with van der Waals surface area (Å²) in [5, 5.41) is 11.4. The maximum absolute atomic E-state index is 10.8. The Balaban J connectivity index is 2.68. The molecular weight excluding hydrogens is 150 g/mol. The van der Waals surface area contributed by atoms with Crippen molar-refractivity contribution in [2.24, 2.45) is 5.92 Å². The molecule has 1 fully saturated rings. The molecule has 1 saturated heterocycles. The summed E-state index contributed by atoms with van der Waals surface area (Å²) in [6.07, 6.45) is -0.949. The molecular formula is C6H9NO4. The summed E-state index contributed by atoms with van der Waals surface area (Å²) in [6, 6.07) is 0. The topological polar surface area (TPSA) is 75.6 Å². The van der Waals surface area contributed by atoms with E-state index in [1.807, 2.05) is 0 Å². The predicted octanol–water partition coefficient (Wildman–Crippen LogP) is -1.73. The van der Waals surface area contributed by atoms with E-state index in [1.165, 1.54) is 7.11 Å². The van der Waals surface area contributed by atoms with E-state index in [0.29, 0.717) is 0 Å². The molecule has 2 unspecified atom stereocenters. The minimum atomic E-state index is -1.04. The molecule has 62 valence electrons. The van der Waals surface area contributed by atoms with Crippen molar-refractivity contribution in [1.29, 1.82) is 0 Å². The number of carbonyl (C=O) groups is 2. The molecule has 2 atom stereocenters. The normalized spacial score (nSPS) is 29.8. The maximum atomic E-state index is 10.8. The zero-order valence-corrected chi connectivity index (χ0v) is 6.03. The van der Waals surface area contributed by atoms with Gasteiger partial charge in [-0.1, -0.05) is 0 Å². The van der Waals surface area contributed by atoms with E-state index in [-0.39, 0.29) is 6.54 Å². The number of ether oxygens (including phenoxy) is 1. The van der Waals surface area contributed by atoms with E-state index in [9.17, 15) is 9.59 Å². The van der Waals surface area contributed by atoms with Crippen LogP contribution in [0.15, 0.2) is 0 Å². The molecule has 0 aromatic carbocycles. The number of aliphatic hydroxyl groups excluding tert-OH is 1. The van der Waals surface area contributed by atoms with Crippen molar-refractivity contribution in [1.82, 2.24) is 5.32 Å². The van der Waals surface area contributed by atoms with Gasteiger partial charge in [-0.05, 0) is 0 Å². The van der Waals surface area contributed by atoms with Gasteiger partial charge < -0.3 is 15.2 Å². The fourth-order valence-corrected chi connectivity index (χ4v) is 0.999. The number of amides is 1.